The Labute approximate surface area is 210 Å². The van der Waals surface area contributed by atoms with Crippen LogP contribution in [0.4, 0.5) is 0 Å². The van der Waals surface area contributed by atoms with Crippen molar-refractivity contribution in [2.45, 2.75) is 37.5 Å². The molecular formula is C30H26Y-2. The van der Waals surface area contributed by atoms with Crippen LogP contribution in [-0.4, -0.2) is 0 Å². The van der Waals surface area contributed by atoms with Crippen molar-refractivity contribution in [3.63, 3.8) is 0 Å². The van der Waals surface area contributed by atoms with Crippen LogP contribution >= 0.6 is 0 Å². The largest absolute Gasteiger partial charge is 0.179 e. The van der Waals surface area contributed by atoms with Crippen molar-refractivity contribution in [3.05, 3.63) is 96.1 Å². The Bertz CT molecular complexity index is 1240. The molecule has 0 spiro atoms. The second-order valence-corrected chi connectivity index (χ2v) is 10.1. The summed E-state index contributed by atoms with van der Waals surface area (Å²) in [5.41, 5.74) is 2.92. The molecule has 4 aliphatic carbocycles. The van der Waals surface area contributed by atoms with Crippen molar-refractivity contribution in [1.82, 2.24) is 0 Å². The van der Waals surface area contributed by atoms with Gasteiger partial charge in [-0.1, -0.05) is 36.4 Å². The maximum Gasteiger partial charge on any atom is 0 e. The van der Waals surface area contributed by atoms with Gasteiger partial charge in [0.1, 0.15) is 0 Å². The van der Waals surface area contributed by atoms with Crippen LogP contribution < -0.4 is 0 Å². The van der Waals surface area contributed by atoms with E-state index < -0.39 is 0 Å². The summed E-state index contributed by atoms with van der Waals surface area (Å²) < 4.78 is 0. The molecule has 4 aromatic rings. The predicted octanol–water partition coefficient (Wildman–Crippen LogP) is 7.33. The molecule has 151 valence electrons. The van der Waals surface area contributed by atoms with Gasteiger partial charge in [-0.25, -0.2) is 0 Å². The second kappa shape index (κ2) is 7.53. The van der Waals surface area contributed by atoms with E-state index in [2.05, 4.69) is 84.9 Å². The SMILES string of the molecule is [Y].[c-]1cc2ccccc2cc1C1(c2[c-]ccc3ccccc23)C2CC3CC(C2)CC1C3. The molecule has 4 saturated carbocycles. The van der Waals surface area contributed by atoms with Crippen LogP contribution in [0, 0.1) is 35.8 Å². The molecule has 0 amide bonds. The van der Waals surface area contributed by atoms with Crippen molar-refractivity contribution in [1.29, 1.82) is 0 Å². The molecule has 0 heterocycles. The summed E-state index contributed by atoms with van der Waals surface area (Å²) in [6.07, 6.45) is 6.99. The Morgan fingerprint density at radius 1 is 0.677 bits per heavy atom. The summed E-state index contributed by atoms with van der Waals surface area (Å²) in [6.45, 7) is 0. The fourth-order valence-corrected chi connectivity index (χ4v) is 7.78. The van der Waals surface area contributed by atoms with Crippen LogP contribution in [0.5, 0.6) is 0 Å². The molecule has 31 heavy (non-hydrogen) atoms. The van der Waals surface area contributed by atoms with E-state index in [9.17, 15) is 0 Å². The maximum atomic E-state index is 3.82. The first-order valence-electron chi connectivity index (χ1n) is 11.6. The van der Waals surface area contributed by atoms with Gasteiger partial charge in [-0.2, -0.15) is 42.0 Å². The zero-order chi connectivity index (χ0) is 19.7. The Kier molecular flexibility index (Phi) is 4.89. The third-order valence-electron chi connectivity index (χ3n) is 8.69. The quantitative estimate of drug-likeness (QED) is 0.266. The first-order chi connectivity index (χ1) is 14.8. The summed E-state index contributed by atoms with van der Waals surface area (Å²) in [6, 6.07) is 34.5. The van der Waals surface area contributed by atoms with E-state index in [1.165, 1.54) is 64.8 Å². The smallest absolute Gasteiger partial charge is 0 e. The first-order valence-corrected chi connectivity index (χ1v) is 11.6. The summed E-state index contributed by atoms with van der Waals surface area (Å²) in [4.78, 5) is 0. The van der Waals surface area contributed by atoms with E-state index in [4.69, 9.17) is 0 Å². The van der Waals surface area contributed by atoms with Gasteiger partial charge in [-0.15, -0.1) is 39.2 Å². The Balaban J connectivity index is 0.00000185. The van der Waals surface area contributed by atoms with Crippen LogP contribution in [0.15, 0.2) is 72.8 Å². The van der Waals surface area contributed by atoms with Crippen LogP contribution in [0.25, 0.3) is 21.5 Å². The monoisotopic (exact) mass is 475 g/mol. The Morgan fingerprint density at radius 2 is 1.32 bits per heavy atom. The molecular weight excluding hydrogens is 449 g/mol. The number of benzene rings is 4. The maximum absolute atomic E-state index is 3.82. The zero-order valence-corrected chi connectivity index (χ0v) is 20.7. The molecule has 0 N–H and O–H groups in total. The van der Waals surface area contributed by atoms with E-state index in [1.807, 2.05) is 0 Å². The molecule has 8 rings (SSSR count). The van der Waals surface area contributed by atoms with Gasteiger partial charge < -0.3 is 0 Å². The van der Waals surface area contributed by atoms with Crippen molar-refractivity contribution in [2.75, 3.05) is 0 Å². The predicted molar refractivity (Wildman–Crippen MR) is 123 cm³/mol. The summed E-state index contributed by atoms with van der Waals surface area (Å²) >= 11 is 0. The fraction of sp³-hybridized carbons (Fsp3) is 0.333. The molecule has 0 aliphatic heterocycles. The summed E-state index contributed by atoms with van der Waals surface area (Å²) in [5, 5.41) is 5.39. The standard InChI is InChI=1S/C30H26.Y/c1-2-8-24-19-25(13-12-22(24)6-1)30(26-15-20-14-21(17-26)18-27(30)16-20)29-11-5-9-23-7-3-4-10-28(23)29;/h1-10,12,19-21,26-27H,14-18H2;/q-2;. The molecule has 0 nitrogen and oxygen atoms in total. The number of hydrogen-bond acceptors (Lipinski definition) is 0. The van der Waals surface area contributed by atoms with Gasteiger partial charge in [0.2, 0.25) is 0 Å². The van der Waals surface area contributed by atoms with Gasteiger partial charge in [0.25, 0.3) is 0 Å². The number of fused-ring (bicyclic) bond motifs is 2. The van der Waals surface area contributed by atoms with Crippen LogP contribution in [-0.2, 0) is 38.1 Å². The van der Waals surface area contributed by atoms with Gasteiger partial charge in [-0.3, -0.25) is 0 Å². The molecule has 0 aromatic heterocycles. The molecule has 1 radical (unpaired) electrons. The third-order valence-corrected chi connectivity index (χ3v) is 8.69. The molecule has 4 aromatic carbocycles. The van der Waals surface area contributed by atoms with Crippen molar-refractivity contribution >= 4 is 21.5 Å². The van der Waals surface area contributed by atoms with Crippen molar-refractivity contribution in [3.8, 4) is 0 Å². The first kappa shape index (κ1) is 20.1. The van der Waals surface area contributed by atoms with Crippen LogP contribution in [0.3, 0.4) is 0 Å². The molecule has 4 bridgehead atoms. The minimum Gasteiger partial charge on any atom is -0.179 e. The van der Waals surface area contributed by atoms with Crippen molar-refractivity contribution < 1.29 is 32.7 Å². The van der Waals surface area contributed by atoms with Crippen LogP contribution in [0.1, 0.15) is 43.2 Å². The zero-order valence-electron chi connectivity index (χ0n) is 17.9. The van der Waals surface area contributed by atoms with E-state index >= 15 is 0 Å². The Morgan fingerprint density at radius 3 is 2.06 bits per heavy atom. The fourth-order valence-electron chi connectivity index (χ4n) is 7.78. The molecule has 4 aliphatic rings. The number of rotatable bonds is 2. The average molecular weight is 475 g/mol. The Hall–Kier alpha value is -1.50. The van der Waals surface area contributed by atoms with E-state index in [0.717, 1.165) is 11.8 Å². The number of hydrogen-bond donors (Lipinski definition) is 0. The summed E-state index contributed by atoms with van der Waals surface area (Å²) in [5.74, 6) is 3.31. The second-order valence-electron chi connectivity index (χ2n) is 10.1. The third kappa shape index (κ3) is 2.87. The average Bonchev–Trinajstić information content (AvgIpc) is 2.79. The van der Waals surface area contributed by atoms with E-state index in [-0.39, 0.29) is 38.1 Å². The van der Waals surface area contributed by atoms with Gasteiger partial charge in [0.15, 0.2) is 0 Å². The molecule has 0 unspecified atom stereocenters. The minimum absolute atomic E-state index is 0. The topological polar surface area (TPSA) is 0 Å². The van der Waals surface area contributed by atoms with Gasteiger partial charge in [0, 0.05) is 32.7 Å². The van der Waals surface area contributed by atoms with Gasteiger partial charge in [0.05, 0.1) is 0 Å². The van der Waals surface area contributed by atoms with E-state index in [0.29, 0.717) is 11.8 Å². The molecule has 1 heteroatoms. The molecule has 4 fully saturated rings. The molecule has 0 saturated heterocycles. The van der Waals surface area contributed by atoms with Gasteiger partial charge in [-0.05, 0) is 61.2 Å². The summed E-state index contributed by atoms with van der Waals surface area (Å²) in [7, 11) is 0. The normalized spacial score (nSPS) is 31.1. The van der Waals surface area contributed by atoms with Gasteiger partial charge >= 0.3 is 0 Å². The van der Waals surface area contributed by atoms with Crippen LogP contribution in [0.2, 0.25) is 0 Å². The molecule has 0 atom stereocenters. The minimum atomic E-state index is 0. The van der Waals surface area contributed by atoms with E-state index in [1.54, 1.807) is 0 Å². The van der Waals surface area contributed by atoms with Crippen molar-refractivity contribution in [2.24, 2.45) is 23.7 Å².